The van der Waals surface area contributed by atoms with E-state index >= 15 is 0 Å². The molecule has 1 heterocycles. The Bertz CT molecular complexity index is 466. The summed E-state index contributed by atoms with van der Waals surface area (Å²) >= 11 is 0. The van der Waals surface area contributed by atoms with Gasteiger partial charge in [0, 0.05) is 19.6 Å². The Balaban J connectivity index is 1.55. The number of unbranched alkanes of at least 4 members (excludes halogenated alkanes) is 1. The fourth-order valence-corrected chi connectivity index (χ4v) is 3.20. The highest BCUT2D eigenvalue weighted by molar-refractivity contribution is 5.79. The number of aliphatic imine (C=N–C) groups is 1. The number of rotatable bonds is 9. The highest BCUT2D eigenvalue weighted by atomic mass is 15.2. The van der Waals surface area contributed by atoms with Crippen LogP contribution in [-0.2, 0) is 6.42 Å². The predicted molar refractivity (Wildman–Crippen MR) is 104 cm³/mol. The second kappa shape index (κ2) is 11.1. The molecule has 0 aliphatic carbocycles. The van der Waals surface area contributed by atoms with Crippen molar-refractivity contribution >= 4 is 5.96 Å². The van der Waals surface area contributed by atoms with E-state index in [1.54, 1.807) is 0 Å². The van der Waals surface area contributed by atoms with Crippen LogP contribution in [0.2, 0.25) is 0 Å². The van der Waals surface area contributed by atoms with Crippen LogP contribution in [0.4, 0.5) is 0 Å². The largest absolute Gasteiger partial charge is 0.356 e. The Labute approximate surface area is 147 Å². The third-order valence-corrected chi connectivity index (χ3v) is 4.71. The molecular weight excluding hydrogens is 296 g/mol. The standard InChI is InChI=1S/C20H34N4/c1-18(12-13-19-10-4-3-5-11-19)23-20(21-2)22-14-6-7-15-24-16-8-9-17-24/h3-5,10-11,18H,6-9,12-17H2,1-2H3,(H2,21,22,23). The third-order valence-electron chi connectivity index (χ3n) is 4.71. The van der Waals surface area contributed by atoms with E-state index in [-0.39, 0.29) is 0 Å². The summed E-state index contributed by atoms with van der Waals surface area (Å²) in [6.07, 6.45) is 7.45. The first-order valence-corrected chi connectivity index (χ1v) is 9.51. The molecule has 1 fully saturated rings. The molecule has 0 radical (unpaired) electrons. The third kappa shape index (κ3) is 7.35. The molecule has 1 aromatic rings. The number of nitrogens with one attached hydrogen (secondary N) is 2. The SMILES string of the molecule is CN=C(NCCCCN1CCCC1)NC(C)CCc1ccccc1. The molecule has 2 N–H and O–H groups in total. The van der Waals surface area contributed by atoms with Gasteiger partial charge in [-0.2, -0.15) is 0 Å². The van der Waals surface area contributed by atoms with Crippen LogP contribution in [0.25, 0.3) is 0 Å². The van der Waals surface area contributed by atoms with Gasteiger partial charge in [-0.15, -0.1) is 0 Å². The summed E-state index contributed by atoms with van der Waals surface area (Å²) in [7, 11) is 1.85. The summed E-state index contributed by atoms with van der Waals surface area (Å²) in [5, 5.41) is 6.94. The van der Waals surface area contributed by atoms with Gasteiger partial charge in [0.25, 0.3) is 0 Å². The van der Waals surface area contributed by atoms with Crippen molar-refractivity contribution in [2.24, 2.45) is 4.99 Å². The normalized spacial score (nSPS) is 17.0. The van der Waals surface area contributed by atoms with E-state index in [0.29, 0.717) is 6.04 Å². The Hall–Kier alpha value is -1.55. The van der Waals surface area contributed by atoms with Crippen LogP contribution in [-0.4, -0.2) is 50.1 Å². The molecule has 0 spiro atoms. The van der Waals surface area contributed by atoms with Gasteiger partial charge in [-0.25, -0.2) is 0 Å². The lowest BCUT2D eigenvalue weighted by Crippen LogP contribution is -2.42. The van der Waals surface area contributed by atoms with Gasteiger partial charge in [0.1, 0.15) is 0 Å². The van der Waals surface area contributed by atoms with Crippen molar-refractivity contribution in [2.75, 3.05) is 33.2 Å². The summed E-state index contributed by atoms with van der Waals surface area (Å²) in [5.74, 6) is 0.928. The van der Waals surface area contributed by atoms with E-state index in [0.717, 1.165) is 25.3 Å². The highest BCUT2D eigenvalue weighted by Gasteiger charge is 2.10. The summed E-state index contributed by atoms with van der Waals surface area (Å²) in [5.41, 5.74) is 1.40. The number of benzene rings is 1. The second-order valence-electron chi connectivity index (χ2n) is 6.82. The van der Waals surface area contributed by atoms with Crippen molar-refractivity contribution in [3.05, 3.63) is 35.9 Å². The minimum atomic E-state index is 0.418. The first-order valence-electron chi connectivity index (χ1n) is 9.51. The molecule has 134 valence electrons. The zero-order valence-corrected chi connectivity index (χ0v) is 15.4. The van der Waals surface area contributed by atoms with E-state index in [2.05, 4.69) is 57.8 Å². The van der Waals surface area contributed by atoms with Crippen LogP contribution < -0.4 is 10.6 Å². The molecule has 1 aromatic carbocycles. The van der Waals surface area contributed by atoms with Crippen LogP contribution in [0, 0.1) is 0 Å². The number of guanidine groups is 1. The van der Waals surface area contributed by atoms with Gasteiger partial charge in [-0.3, -0.25) is 4.99 Å². The number of aryl methyl sites for hydroxylation is 1. The van der Waals surface area contributed by atoms with Crippen molar-refractivity contribution in [1.82, 2.24) is 15.5 Å². The van der Waals surface area contributed by atoms with Crippen molar-refractivity contribution in [3.8, 4) is 0 Å². The zero-order chi connectivity index (χ0) is 17.0. The monoisotopic (exact) mass is 330 g/mol. The Morgan fingerprint density at radius 3 is 2.62 bits per heavy atom. The average Bonchev–Trinajstić information content (AvgIpc) is 3.13. The molecule has 2 rings (SSSR count). The number of nitrogens with zero attached hydrogens (tertiary/aromatic N) is 2. The van der Waals surface area contributed by atoms with Crippen molar-refractivity contribution in [2.45, 2.75) is 51.5 Å². The van der Waals surface area contributed by atoms with Gasteiger partial charge in [-0.1, -0.05) is 30.3 Å². The van der Waals surface area contributed by atoms with Crippen LogP contribution in [0.1, 0.15) is 44.6 Å². The maximum Gasteiger partial charge on any atom is 0.191 e. The van der Waals surface area contributed by atoms with Gasteiger partial charge in [0.2, 0.25) is 0 Å². The maximum absolute atomic E-state index is 4.34. The van der Waals surface area contributed by atoms with Crippen molar-refractivity contribution in [3.63, 3.8) is 0 Å². The molecule has 0 saturated carbocycles. The molecular formula is C20H34N4. The van der Waals surface area contributed by atoms with Crippen LogP contribution in [0.3, 0.4) is 0 Å². The van der Waals surface area contributed by atoms with E-state index in [4.69, 9.17) is 0 Å². The van der Waals surface area contributed by atoms with Crippen LogP contribution >= 0.6 is 0 Å². The molecule has 1 aliphatic rings. The van der Waals surface area contributed by atoms with Gasteiger partial charge in [0.15, 0.2) is 5.96 Å². The van der Waals surface area contributed by atoms with Crippen molar-refractivity contribution in [1.29, 1.82) is 0 Å². The van der Waals surface area contributed by atoms with E-state index < -0.39 is 0 Å². The number of hydrogen-bond donors (Lipinski definition) is 2. The molecule has 1 unspecified atom stereocenters. The predicted octanol–water partition coefficient (Wildman–Crippen LogP) is 3.05. The summed E-state index contributed by atoms with van der Waals surface area (Å²) in [4.78, 5) is 6.92. The number of likely N-dealkylation sites (tertiary alicyclic amines) is 1. The fourth-order valence-electron chi connectivity index (χ4n) is 3.20. The fraction of sp³-hybridized carbons (Fsp3) is 0.650. The zero-order valence-electron chi connectivity index (χ0n) is 15.4. The van der Waals surface area contributed by atoms with E-state index in [1.807, 2.05) is 7.05 Å². The summed E-state index contributed by atoms with van der Waals surface area (Å²) in [6.45, 7) is 7.08. The molecule has 24 heavy (non-hydrogen) atoms. The lowest BCUT2D eigenvalue weighted by Gasteiger charge is -2.18. The highest BCUT2D eigenvalue weighted by Crippen LogP contribution is 2.08. The van der Waals surface area contributed by atoms with Crippen LogP contribution in [0.15, 0.2) is 35.3 Å². The van der Waals surface area contributed by atoms with E-state index in [1.165, 1.54) is 50.9 Å². The molecule has 0 amide bonds. The van der Waals surface area contributed by atoms with Gasteiger partial charge in [-0.05, 0) is 70.6 Å². The lowest BCUT2D eigenvalue weighted by atomic mass is 10.1. The molecule has 1 atom stereocenters. The maximum atomic E-state index is 4.34. The number of hydrogen-bond acceptors (Lipinski definition) is 2. The molecule has 1 aliphatic heterocycles. The first-order chi connectivity index (χ1) is 11.8. The molecule has 0 aromatic heterocycles. The molecule has 4 heteroatoms. The minimum Gasteiger partial charge on any atom is -0.356 e. The molecule has 4 nitrogen and oxygen atoms in total. The smallest absolute Gasteiger partial charge is 0.191 e. The Morgan fingerprint density at radius 2 is 1.92 bits per heavy atom. The van der Waals surface area contributed by atoms with Gasteiger partial charge >= 0.3 is 0 Å². The first kappa shape index (κ1) is 18.8. The van der Waals surface area contributed by atoms with Crippen molar-refractivity contribution < 1.29 is 0 Å². The second-order valence-corrected chi connectivity index (χ2v) is 6.82. The minimum absolute atomic E-state index is 0.418. The van der Waals surface area contributed by atoms with Crippen LogP contribution in [0.5, 0.6) is 0 Å². The lowest BCUT2D eigenvalue weighted by molar-refractivity contribution is 0.330. The quantitative estimate of drug-likeness (QED) is 0.415. The van der Waals surface area contributed by atoms with Gasteiger partial charge in [0.05, 0.1) is 0 Å². The van der Waals surface area contributed by atoms with Gasteiger partial charge < -0.3 is 15.5 Å². The molecule has 0 bridgehead atoms. The Morgan fingerprint density at radius 1 is 1.17 bits per heavy atom. The summed E-state index contributed by atoms with van der Waals surface area (Å²) in [6, 6.07) is 11.1. The Kier molecular flexibility index (Phi) is 8.67. The summed E-state index contributed by atoms with van der Waals surface area (Å²) < 4.78 is 0. The topological polar surface area (TPSA) is 39.7 Å². The average molecular weight is 331 g/mol. The molecule has 1 saturated heterocycles. The van der Waals surface area contributed by atoms with E-state index in [9.17, 15) is 0 Å².